The second-order valence-corrected chi connectivity index (χ2v) is 6.48. The van der Waals surface area contributed by atoms with Crippen molar-refractivity contribution in [3.63, 3.8) is 0 Å². The molecule has 1 aliphatic heterocycles. The average molecular weight is 272 g/mol. The zero-order valence-corrected chi connectivity index (χ0v) is 12.9. The van der Waals surface area contributed by atoms with Crippen molar-refractivity contribution in [3.05, 3.63) is 35.4 Å². The van der Waals surface area contributed by atoms with Gasteiger partial charge in [0, 0.05) is 25.0 Å². The predicted octanol–water partition coefficient (Wildman–Crippen LogP) is 3.04. The molecule has 1 aromatic rings. The summed E-state index contributed by atoms with van der Waals surface area (Å²) in [4.78, 5) is 2.71. The summed E-state index contributed by atoms with van der Waals surface area (Å²) in [6.45, 7) is 9.50. The molecule has 20 heavy (non-hydrogen) atoms. The third-order valence-corrected chi connectivity index (χ3v) is 5.25. The van der Waals surface area contributed by atoms with E-state index in [1.165, 1.54) is 38.9 Å². The van der Waals surface area contributed by atoms with Gasteiger partial charge in [0.2, 0.25) is 0 Å². The average Bonchev–Trinajstić information content (AvgIpc) is 2.46. The van der Waals surface area contributed by atoms with Crippen LogP contribution in [0.4, 0.5) is 0 Å². The van der Waals surface area contributed by atoms with Crippen LogP contribution in [-0.2, 0) is 6.42 Å². The lowest BCUT2D eigenvalue weighted by atomic mass is 9.77. The predicted molar refractivity (Wildman–Crippen MR) is 85.2 cm³/mol. The molecule has 1 N–H and O–H groups in total. The second-order valence-electron chi connectivity index (χ2n) is 6.48. The summed E-state index contributed by atoms with van der Waals surface area (Å²) < 4.78 is 0. The molecule has 1 aliphatic carbocycles. The number of rotatable bonds is 5. The van der Waals surface area contributed by atoms with Crippen LogP contribution in [0.25, 0.3) is 0 Å². The fourth-order valence-corrected chi connectivity index (χ4v) is 4.06. The van der Waals surface area contributed by atoms with Crippen molar-refractivity contribution in [2.45, 2.75) is 45.1 Å². The lowest BCUT2D eigenvalue weighted by molar-refractivity contribution is 0.126. The number of benzene rings is 1. The van der Waals surface area contributed by atoms with Crippen molar-refractivity contribution in [1.82, 2.24) is 10.2 Å². The third-order valence-electron chi connectivity index (χ3n) is 5.25. The fraction of sp³-hybridized carbons (Fsp3) is 0.667. The highest BCUT2D eigenvalue weighted by Crippen LogP contribution is 2.36. The van der Waals surface area contributed by atoms with Crippen LogP contribution in [0, 0.1) is 5.92 Å². The molecule has 2 nitrogen and oxygen atoms in total. The number of piperidine rings is 1. The number of nitrogens with zero attached hydrogens (tertiary/aromatic N) is 1. The lowest BCUT2D eigenvalue weighted by Crippen LogP contribution is -2.50. The SMILES string of the molecule is CCNC1CCN(CC2Cc3ccccc32)CC1CC. The molecule has 0 bridgehead atoms. The Labute approximate surface area is 123 Å². The molecule has 3 unspecified atom stereocenters. The summed E-state index contributed by atoms with van der Waals surface area (Å²) in [7, 11) is 0. The van der Waals surface area contributed by atoms with E-state index in [9.17, 15) is 0 Å². The molecule has 0 saturated carbocycles. The molecule has 2 aliphatic rings. The van der Waals surface area contributed by atoms with Gasteiger partial charge in [-0.15, -0.1) is 0 Å². The van der Waals surface area contributed by atoms with E-state index < -0.39 is 0 Å². The molecule has 0 aromatic heterocycles. The third kappa shape index (κ3) is 2.77. The van der Waals surface area contributed by atoms with Crippen LogP contribution >= 0.6 is 0 Å². The van der Waals surface area contributed by atoms with E-state index in [-0.39, 0.29) is 0 Å². The van der Waals surface area contributed by atoms with Crippen LogP contribution < -0.4 is 5.32 Å². The maximum Gasteiger partial charge on any atom is 0.0119 e. The van der Waals surface area contributed by atoms with Crippen molar-refractivity contribution in [2.75, 3.05) is 26.2 Å². The minimum atomic E-state index is 0.745. The summed E-state index contributed by atoms with van der Waals surface area (Å²) in [5.74, 6) is 1.62. The molecule has 110 valence electrons. The molecular formula is C18H28N2. The van der Waals surface area contributed by atoms with Gasteiger partial charge >= 0.3 is 0 Å². The quantitative estimate of drug-likeness (QED) is 0.886. The summed E-state index contributed by atoms with van der Waals surface area (Å²) in [5, 5.41) is 3.68. The van der Waals surface area contributed by atoms with Crippen molar-refractivity contribution in [2.24, 2.45) is 5.92 Å². The zero-order valence-electron chi connectivity index (χ0n) is 12.9. The van der Waals surface area contributed by atoms with Gasteiger partial charge in [0.15, 0.2) is 0 Å². The van der Waals surface area contributed by atoms with Gasteiger partial charge in [-0.25, -0.2) is 0 Å². The van der Waals surface area contributed by atoms with Crippen LogP contribution in [0.3, 0.4) is 0 Å². The van der Waals surface area contributed by atoms with E-state index in [2.05, 4.69) is 48.3 Å². The van der Waals surface area contributed by atoms with Gasteiger partial charge in [-0.05, 0) is 43.0 Å². The minimum absolute atomic E-state index is 0.745. The smallest absolute Gasteiger partial charge is 0.0119 e. The van der Waals surface area contributed by atoms with Crippen molar-refractivity contribution in [1.29, 1.82) is 0 Å². The molecule has 1 fully saturated rings. The lowest BCUT2D eigenvalue weighted by Gasteiger charge is -2.42. The van der Waals surface area contributed by atoms with E-state index in [4.69, 9.17) is 0 Å². The second kappa shape index (κ2) is 6.28. The summed E-state index contributed by atoms with van der Waals surface area (Å²) in [6.07, 6.45) is 3.91. The van der Waals surface area contributed by atoms with Gasteiger partial charge < -0.3 is 10.2 Å². The first-order valence-corrected chi connectivity index (χ1v) is 8.35. The molecular weight excluding hydrogens is 244 g/mol. The first-order valence-electron chi connectivity index (χ1n) is 8.35. The number of hydrogen-bond acceptors (Lipinski definition) is 2. The van der Waals surface area contributed by atoms with Gasteiger partial charge in [0.05, 0.1) is 0 Å². The largest absolute Gasteiger partial charge is 0.314 e. The number of hydrogen-bond donors (Lipinski definition) is 1. The molecule has 1 saturated heterocycles. The first-order chi connectivity index (χ1) is 9.81. The van der Waals surface area contributed by atoms with Gasteiger partial charge in [-0.2, -0.15) is 0 Å². The van der Waals surface area contributed by atoms with E-state index in [1.54, 1.807) is 11.1 Å². The molecule has 1 aromatic carbocycles. The van der Waals surface area contributed by atoms with Gasteiger partial charge in [-0.1, -0.05) is 44.5 Å². The first kappa shape index (κ1) is 14.1. The van der Waals surface area contributed by atoms with Crippen LogP contribution in [-0.4, -0.2) is 37.1 Å². The monoisotopic (exact) mass is 272 g/mol. The van der Waals surface area contributed by atoms with E-state index >= 15 is 0 Å². The van der Waals surface area contributed by atoms with Gasteiger partial charge in [0.1, 0.15) is 0 Å². The number of fused-ring (bicyclic) bond motifs is 1. The topological polar surface area (TPSA) is 15.3 Å². The van der Waals surface area contributed by atoms with Crippen LogP contribution in [0.5, 0.6) is 0 Å². The highest BCUT2D eigenvalue weighted by Gasteiger charge is 2.32. The summed E-state index contributed by atoms with van der Waals surface area (Å²) in [6, 6.07) is 9.72. The molecule has 3 atom stereocenters. The Morgan fingerprint density at radius 3 is 2.85 bits per heavy atom. The number of likely N-dealkylation sites (tertiary alicyclic amines) is 1. The Morgan fingerprint density at radius 1 is 1.25 bits per heavy atom. The summed E-state index contributed by atoms with van der Waals surface area (Å²) in [5.41, 5.74) is 3.18. The minimum Gasteiger partial charge on any atom is -0.314 e. The standard InChI is InChI=1S/C18H28N2/c1-3-14-12-20(10-9-18(14)19-4-2)13-16-11-15-7-5-6-8-17(15)16/h5-8,14,16,18-19H,3-4,9-13H2,1-2H3. The van der Waals surface area contributed by atoms with Gasteiger partial charge in [0.25, 0.3) is 0 Å². The van der Waals surface area contributed by atoms with E-state index in [0.29, 0.717) is 0 Å². The molecule has 2 heteroatoms. The highest BCUT2D eigenvalue weighted by atomic mass is 15.2. The Morgan fingerprint density at radius 2 is 2.10 bits per heavy atom. The molecule has 0 spiro atoms. The fourth-order valence-electron chi connectivity index (χ4n) is 4.06. The van der Waals surface area contributed by atoms with Crippen molar-refractivity contribution < 1.29 is 0 Å². The Kier molecular flexibility index (Phi) is 4.42. The number of nitrogens with one attached hydrogen (secondary N) is 1. The Bertz CT molecular complexity index is 443. The molecule has 1 heterocycles. The molecule has 0 radical (unpaired) electrons. The van der Waals surface area contributed by atoms with E-state index in [1.807, 2.05) is 0 Å². The van der Waals surface area contributed by atoms with Crippen LogP contribution in [0.1, 0.15) is 43.7 Å². The molecule has 3 rings (SSSR count). The maximum atomic E-state index is 3.68. The van der Waals surface area contributed by atoms with E-state index in [0.717, 1.165) is 24.4 Å². The Hall–Kier alpha value is -0.860. The highest BCUT2D eigenvalue weighted by molar-refractivity contribution is 5.40. The Balaban J connectivity index is 1.55. The van der Waals surface area contributed by atoms with Crippen molar-refractivity contribution in [3.8, 4) is 0 Å². The summed E-state index contributed by atoms with van der Waals surface area (Å²) >= 11 is 0. The van der Waals surface area contributed by atoms with Crippen LogP contribution in [0.15, 0.2) is 24.3 Å². The maximum absolute atomic E-state index is 3.68. The van der Waals surface area contributed by atoms with Gasteiger partial charge in [-0.3, -0.25) is 0 Å². The molecule has 0 amide bonds. The van der Waals surface area contributed by atoms with Crippen molar-refractivity contribution >= 4 is 0 Å². The normalized spacial score (nSPS) is 29.8. The van der Waals surface area contributed by atoms with Crippen LogP contribution in [0.2, 0.25) is 0 Å². The zero-order chi connectivity index (χ0) is 13.9.